The second-order valence-electron chi connectivity index (χ2n) is 3.68. The minimum Gasteiger partial charge on any atom is -0.303 e. The van der Waals surface area contributed by atoms with Gasteiger partial charge in [0, 0.05) is 5.92 Å². The summed E-state index contributed by atoms with van der Waals surface area (Å²) in [7, 11) is 0. The molecule has 3 atom stereocenters. The fraction of sp³-hybridized carbons (Fsp3) is 0.889. The van der Waals surface area contributed by atoms with Crippen LogP contribution in [0.15, 0.2) is 0 Å². The van der Waals surface area contributed by atoms with E-state index in [1.165, 1.54) is 30.8 Å². The Morgan fingerprint density at radius 1 is 1.45 bits per heavy atom. The van der Waals surface area contributed by atoms with Crippen molar-refractivity contribution < 1.29 is 4.79 Å². The van der Waals surface area contributed by atoms with E-state index < -0.39 is 0 Å². The van der Waals surface area contributed by atoms with Crippen LogP contribution in [0.25, 0.3) is 0 Å². The molecule has 1 aliphatic heterocycles. The molecular formula is C9H14OS. The summed E-state index contributed by atoms with van der Waals surface area (Å²) < 4.78 is 0. The monoisotopic (exact) mass is 170 g/mol. The standard InChI is InChI=1S/C9H14OS/c10-5-8-4-9(8)7-2-1-3-11-6-7/h5,7-9H,1-4,6H2/t7-,8+,9+/m1/s1. The van der Waals surface area contributed by atoms with Crippen LogP contribution >= 0.6 is 11.8 Å². The highest BCUT2D eigenvalue weighted by Gasteiger charge is 2.42. The minimum atomic E-state index is 0.443. The first kappa shape index (κ1) is 7.66. The quantitative estimate of drug-likeness (QED) is 0.589. The Labute approximate surface area is 71.9 Å². The molecule has 0 radical (unpaired) electrons. The molecule has 0 bridgehead atoms. The summed E-state index contributed by atoms with van der Waals surface area (Å²) in [6.45, 7) is 0. The minimum absolute atomic E-state index is 0.443. The predicted molar refractivity (Wildman–Crippen MR) is 47.7 cm³/mol. The number of carbonyl (C=O) groups excluding carboxylic acids is 1. The molecule has 1 saturated heterocycles. The molecule has 0 unspecified atom stereocenters. The van der Waals surface area contributed by atoms with Crippen LogP contribution in [0.1, 0.15) is 19.3 Å². The SMILES string of the molecule is O=C[C@@H]1C[C@H]1[C@@H]1CCCSC1. The van der Waals surface area contributed by atoms with Crippen LogP contribution < -0.4 is 0 Å². The second-order valence-corrected chi connectivity index (χ2v) is 4.83. The van der Waals surface area contributed by atoms with Crippen molar-refractivity contribution in [3.05, 3.63) is 0 Å². The Kier molecular flexibility index (Phi) is 2.21. The van der Waals surface area contributed by atoms with Crippen molar-refractivity contribution in [1.82, 2.24) is 0 Å². The van der Waals surface area contributed by atoms with E-state index in [2.05, 4.69) is 11.8 Å². The topological polar surface area (TPSA) is 17.1 Å². The van der Waals surface area contributed by atoms with Gasteiger partial charge in [0.2, 0.25) is 0 Å². The molecule has 2 rings (SSSR count). The molecule has 0 spiro atoms. The van der Waals surface area contributed by atoms with Crippen molar-refractivity contribution in [2.24, 2.45) is 17.8 Å². The zero-order valence-electron chi connectivity index (χ0n) is 6.66. The zero-order chi connectivity index (χ0) is 7.68. The highest BCUT2D eigenvalue weighted by atomic mass is 32.2. The van der Waals surface area contributed by atoms with E-state index in [4.69, 9.17) is 0 Å². The Hall–Kier alpha value is 0.0200. The molecule has 0 aromatic rings. The average Bonchev–Trinajstić information content (AvgIpc) is 2.85. The number of hydrogen-bond donors (Lipinski definition) is 0. The highest BCUT2D eigenvalue weighted by Crippen LogP contribution is 2.47. The van der Waals surface area contributed by atoms with Gasteiger partial charge >= 0.3 is 0 Å². The first-order valence-electron chi connectivity index (χ1n) is 4.45. The normalized spacial score (nSPS) is 43.5. The summed E-state index contributed by atoms with van der Waals surface area (Å²) in [6, 6.07) is 0. The molecule has 2 heteroatoms. The summed E-state index contributed by atoms with van der Waals surface area (Å²) in [5.41, 5.74) is 0. The highest BCUT2D eigenvalue weighted by molar-refractivity contribution is 7.99. The van der Waals surface area contributed by atoms with Crippen molar-refractivity contribution in [2.75, 3.05) is 11.5 Å². The van der Waals surface area contributed by atoms with Gasteiger partial charge in [-0.3, -0.25) is 0 Å². The number of aldehydes is 1. The van der Waals surface area contributed by atoms with Crippen LogP contribution in [0.2, 0.25) is 0 Å². The van der Waals surface area contributed by atoms with Crippen molar-refractivity contribution >= 4 is 18.0 Å². The van der Waals surface area contributed by atoms with Crippen LogP contribution in [0.4, 0.5) is 0 Å². The van der Waals surface area contributed by atoms with E-state index in [9.17, 15) is 4.79 Å². The molecule has 0 aromatic heterocycles. The van der Waals surface area contributed by atoms with Gasteiger partial charge in [-0.05, 0) is 42.6 Å². The fourth-order valence-corrected chi connectivity index (χ4v) is 3.29. The average molecular weight is 170 g/mol. The molecule has 2 fully saturated rings. The molecule has 1 aliphatic carbocycles. The Balaban J connectivity index is 1.81. The fourth-order valence-electron chi connectivity index (χ4n) is 2.04. The predicted octanol–water partition coefficient (Wildman–Crippen LogP) is 1.96. The lowest BCUT2D eigenvalue weighted by Crippen LogP contribution is -2.13. The van der Waals surface area contributed by atoms with Crippen molar-refractivity contribution in [2.45, 2.75) is 19.3 Å². The van der Waals surface area contributed by atoms with Gasteiger partial charge in [0.05, 0.1) is 0 Å². The largest absolute Gasteiger partial charge is 0.303 e. The molecule has 1 nitrogen and oxygen atoms in total. The number of rotatable bonds is 2. The van der Waals surface area contributed by atoms with E-state index in [0.29, 0.717) is 5.92 Å². The summed E-state index contributed by atoms with van der Waals surface area (Å²) in [5.74, 6) is 4.76. The van der Waals surface area contributed by atoms with E-state index in [-0.39, 0.29) is 0 Å². The van der Waals surface area contributed by atoms with Gasteiger partial charge < -0.3 is 4.79 Å². The van der Waals surface area contributed by atoms with E-state index >= 15 is 0 Å². The maximum absolute atomic E-state index is 10.4. The summed E-state index contributed by atoms with van der Waals surface area (Å²) >= 11 is 2.07. The third-order valence-electron chi connectivity index (χ3n) is 2.87. The summed E-state index contributed by atoms with van der Waals surface area (Å²) in [4.78, 5) is 10.4. The third kappa shape index (κ3) is 1.61. The molecule has 1 heterocycles. The van der Waals surface area contributed by atoms with E-state index in [1.807, 2.05) is 0 Å². The van der Waals surface area contributed by atoms with Crippen molar-refractivity contribution in [3.8, 4) is 0 Å². The van der Waals surface area contributed by atoms with E-state index in [1.54, 1.807) is 0 Å². The van der Waals surface area contributed by atoms with Crippen LogP contribution in [0, 0.1) is 17.8 Å². The van der Waals surface area contributed by atoms with Crippen LogP contribution in [0.3, 0.4) is 0 Å². The molecule has 2 aliphatic rings. The van der Waals surface area contributed by atoms with Gasteiger partial charge in [-0.25, -0.2) is 0 Å². The molecule has 11 heavy (non-hydrogen) atoms. The van der Waals surface area contributed by atoms with Crippen molar-refractivity contribution in [1.29, 1.82) is 0 Å². The lowest BCUT2D eigenvalue weighted by atomic mass is 9.99. The first-order valence-corrected chi connectivity index (χ1v) is 5.60. The van der Waals surface area contributed by atoms with Gasteiger partial charge in [0.25, 0.3) is 0 Å². The Bertz CT molecular complexity index is 152. The number of thioether (sulfide) groups is 1. The first-order chi connectivity index (χ1) is 5.42. The second kappa shape index (κ2) is 3.18. The molecule has 0 N–H and O–H groups in total. The molecule has 0 amide bonds. The van der Waals surface area contributed by atoms with Gasteiger partial charge in [0.1, 0.15) is 6.29 Å². The third-order valence-corrected chi connectivity index (χ3v) is 4.11. The van der Waals surface area contributed by atoms with Crippen LogP contribution in [-0.2, 0) is 4.79 Å². The van der Waals surface area contributed by atoms with Crippen LogP contribution in [0.5, 0.6) is 0 Å². The molecule has 0 aromatic carbocycles. The van der Waals surface area contributed by atoms with Gasteiger partial charge in [-0.2, -0.15) is 11.8 Å². The van der Waals surface area contributed by atoms with Crippen LogP contribution in [-0.4, -0.2) is 17.8 Å². The van der Waals surface area contributed by atoms with Gasteiger partial charge in [-0.1, -0.05) is 0 Å². The van der Waals surface area contributed by atoms with Gasteiger partial charge in [0.15, 0.2) is 0 Å². The maximum atomic E-state index is 10.4. The molecular weight excluding hydrogens is 156 g/mol. The number of hydrogen-bond acceptors (Lipinski definition) is 2. The molecule has 1 saturated carbocycles. The number of carbonyl (C=O) groups is 1. The maximum Gasteiger partial charge on any atom is 0.123 e. The Morgan fingerprint density at radius 3 is 2.91 bits per heavy atom. The lowest BCUT2D eigenvalue weighted by molar-refractivity contribution is -0.109. The van der Waals surface area contributed by atoms with Gasteiger partial charge in [-0.15, -0.1) is 0 Å². The van der Waals surface area contributed by atoms with E-state index in [0.717, 1.165) is 18.1 Å². The Morgan fingerprint density at radius 2 is 2.36 bits per heavy atom. The zero-order valence-corrected chi connectivity index (χ0v) is 7.48. The summed E-state index contributed by atoms with van der Waals surface area (Å²) in [6.07, 6.45) is 5.10. The molecule has 62 valence electrons. The smallest absolute Gasteiger partial charge is 0.123 e. The van der Waals surface area contributed by atoms with Crippen molar-refractivity contribution in [3.63, 3.8) is 0 Å². The summed E-state index contributed by atoms with van der Waals surface area (Å²) in [5, 5.41) is 0. The lowest BCUT2D eigenvalue weighted by Gasteiger charge is -2.20.